The molecule has 0 aromatic rings. The first kappa shape index (κ1) is 14.7. The molecule has 1 amide bonds. The zero-order chi connectivity index (χ0) is 13.7. The molecule has 0 spiro atoms. The summed E-state index contributed by atoms with van der Waals surface area (Å²) < 4.78 is 0. The van der Waals surface area contributed by atoms with Crippen LogP contribution in [0.5, 0.6) is 0 Å². The Morgan fingerprint density at radius 2 is 1.84 bits per heavy atom. The van der Waals surface area contributed by atoms with Crippen LogP contribution >= 0.6 is 0 Å². The van der Waals surface area contributed by atoms with Crippen molar-refractivity contribution >= 4 is 5.91 Å². The average molecular weight is 270 g/mol. The fourth-order valence-corrected chi connectivity index (χ4v) is 2.72. The first-order valence-electron chi connectivity index (χ1n) is 7.26. The molecule has 2 saturated heterocycles. The maximum atomic E-state index is 12.0. The molecule has 6 heteroatoms. The number of nitrogens with one attached hydrogen (secondary N) is 1. The van der Waals surface area contributed by atoms with Gasteiger partial charge in [-0.2, -0.15) is 0 Å². The van der Waals surface area contributed by atoms with Gasteiger partial charge in [-0.1, -0.05) is 0 Å². The van der Waals surface area contributed by atoms with Crippen LogP contribution in [-0.4, -0.2) is 78.8 Å². The first-order chi connectivity index (χ1) is 9.13. The maximum Gasteiger partial charge on any atom is 0.223 e. The predicted octanol–water partition coefficient (Wildman–Crippen LogP) is -1.41. The minimum atomic E-state index is -0.681. The van der Waals surface area contributed by atoms with Crippen molar-refractivity contribution in [2.45, 2.75) is 24.9 Å². The molecular weight excluding hydrogens is 244 g/mol. The molecule has 19 heavy (non-hydrogen) atoms. The fraction of sp³-hybridized carbons (Fsp3) is 0.923. The Morgan fingerprint density at radius 3 is 2.42 bits per heavy atom. The number of piperazine rings is 1. The zero-order valence-corrected chi connectivity index (χ0v) is 11.6. The van der Waals surface area contributed by atoms with Crippen LogP contribution in [-0.2, 0) is 4.79 Å². The molecule has 0 atom stereocenters. The van der Waals surface area contributed by atoms with E-state index in [2.05, 4.69) is 10.2 Å². The van der Waals surface area contributed by atoms with Crippen LogP contribution < -0.4 is 11.1 Å². The largest absolute Gasteiger partial charge is 0.388 e. The lowest BCUT2D eigenvalue weighted by atomic mass is 9.91. The SMILES string of the molecule is NCC1(O)CCN(CCC(=O)N2CCNCC2)CC1. The molecule has 0 aliphatic carbocycles. The van der Waals surface area contributed by atoms with E-state index in [1.807, 2.05) is 4.90 Å². The number of rotatable bonds is 4. The van der Waals surface area contributed by atoms with Gasteiger partial charge >= 0.3 is 0 Å². The number of hydrogen-bond donors (Lipinski definition) is 3. The van der Waals surface area contributed by atoms with Crippen molar-refractivity contribution < 1.29 is 9.90 Å². The monoisotopic (exact) mass is 270 g/mol. The summed E-state index contributed by atoms with van der Waals surface area (Å²) in [6.07, 6.45) is 2.01. The van der Waals surface area contributed by atoms with Gasteiger partial charge in [-0.3, -0.25) is 4.79 Å². The van der Waals surface area contributed by atoms with Crippen LogP contribution in [0.3, 0.4) is 0 Å². The van der Waals surface area contributed by atoms with Crippen molar-refractivity contribution in [3.63, 3.8) is 0 Å². The molecule has 6 nitrogen and oxygen atoms in total. The third-order valence-corrected chi connectivity index (χ3v) is 4.28. The van der Waals surface area contributed by atoms with Crippen molar-refractivity contribution in [3.8, 4) is 0 Å². The highest BCUT2D eigenvalue weighted by atomic mass is 16.3. The first-order valence-corrected chi connectivity index (χ1v) is 7.26. The van der Waals surface area contributed by atoms with E-state index >= 15 is 0 Å². The highest BCUT2D eigenvalue weighted by molar-refractivity contribution is 5.76. The number of carbonyl (C=O) groups excluding carboxylic acids is 1. The molecular formula is C13H26N4O2. The summed E-state index contributed by atoms with van der Waals surface area (Å²) in [6.45, 7) is 6.25. The standard InChI is InChI=1S/C13H26N4O2/c14-11-13(19)2-7-16(8-3-13)6-1-12(18)17-9-4-15-5-10-17/h15,19H,1-11,14H2. The second kappa shape index (κ2) is 6.65. The molecule has 0 aromatic heterocycles. The third kappa shape index (κ3) is 4.14. The Morgan fingerprint density at radius 1 is 1.21 bits per heavy atom. The summed E-state index contributed by atoms with van der Waals surface area (Å²) in [5.74, 6) is 0.251. The Bertz CT molecular complexity index is 297. The van der Waals surface area contributed by atoms with Gasteiger partial charge in [0.15, 0.2) is 0 Å². The molecule has 2 heterocycles. The van der Waals surface area contributed by atoms with E-state index in [4.69, 9.17) is 5.73 Å². The van der Waals surface area contributed by atoms with Gasteiger partial charge in [0.05, 0.1) is 5.60 Å². The topological polar surface area (TPSA) is 81.8 Å². The van der Waals surface area contributed by atoms with Gasteiger partial charge in [0, 0.05) is 58.8 Å². The molecule has 0 saturated carbocycles. The van der Waals surface area contributed by atoms with Gasteiger partial charge in [-0.05, 0) is 12.8 Å². The highest BCUT2D eigenvalue weighted by Gasteiger charge is 2.30. The van der Waals surface area contributed by atoms with E-state index in [0.29, 0.717) is 25.8 Å². The number of piperidine rings is 1. The summed E-state index contributed by atoms with van der Waals surface area (Å²) in [5, 5.41) is 13.3. The summed E-state index contributed by atoms with van der Waals surface area (Å²) in [5.41, 5.74) is 4.89. The third-order valence-electron chi connectivity index (χ3n) is 4.28. The Labute approximate surface area is 114 Å². The molecule has 0 unspecified atom stereocenters. The van der Waals surface area contributed by atoms with Gasteiger partial charge < -0.3 is 26.0 Å². The smallest absolute Gasteiger partial charge is 0.223 e. The molecule has 0 bridgehead atoms. The average Bonchev–Trinajstić information content (AvgIpc) is 2.47. The van der Waals surface area contributed by atoms with E-state index in [9.17, 15) is 9.90 Å². The lowest BCUT2D eigenvalue weighted by Crippen LogP contribution is -2.50. The van der Waals surface area contributed by atoms with Crippen molar-refractivity contribution in [2.24, 2.45) is 5.73 Å². The zero-order valence-electron chi connectivity index (χ0n) is 11.6. The predicted molar refractivity (Wildman–Crippen MR) is 73.7 cm³/mol. The van der Waals surface area contributed by atoms with Crippen molar-refractivity contribution in [2.75, 3.05) is 52.4 Å². The van der Waals surface area contributed by atoms with E-state index < -0.39 is 5.60 Å². The van der Waals surface area contributed by atoms with Crippen LogP contribution in [0, 0.1) is 0 Å². The molecule has 0 aromatic carbocycles. The van der Waals surface area contributed by atoms with Gasteiger partial charge in [0.1, 0.15) is 0 Å². The fourth-order valence-electron chi connectivity index (χ4n) is 2.72. The molecule has 110 valence electrons. The van der Waals surface area contributed by atoms with Crippen LogP contribution in [0.4, 0.5) is 0 Å². The second-order valence-corrected chi connectivity index (χ2v) is 5.65. The minimum Gasteiger partial charge on any atom is -0.388 e. The van der Waals surface area contributed by atoms with E-state index in [-0.39, 0.29) is 5.91 Å². The molecule has 2 fully saturated rings. The lowest BCUT2D eigenvalue weighted by molar-refractivity contribution is -0.132. The summed E-state index contributed by atoms with van der Waals surface area (Å²) in [7, 11) is 0. The number of likely N-dealkylation sites (tertiary alicyclic amines) is 1. The van der Waals surface area contributed by atoms with Crippen LogP contribution in [0.1, 0.15) is 19.3 Å². The molecule has 2 aliphatic rings. The Kier molecular flexibility index (Phi) is 5.15. The summed E-state index contributed by atoms with van der Waals surface area (Å²) in [6, 6.07) is 0. The van der Waals surface area contributed by atoms with Crippen molar-refractivity contribution in [1.29, 1.82) is 0 Å². The second-order valence-electron chi connectivity index (χ2n) is 5.65. The summed E-state index contributed by atoms with van der Waals surface area (Å²) >= 11 is 0. The van der Waals surface area contributed by atoms with Crippen molar-refractivity contribution in [1.82, 2.24) is 15.1 Å². The molecule has 2 aliphatic heterocycles. The summed E-state index contributed by atoms with van der Waals surface area (Å²) in [4.78, 5) is 16.2. The molecule has 2 rings (SSSR count). The molecule has 4 N–H and O–H groups in total. The normalized spacial score (nSPS) is 24.4. The van der Waals surface area contributed by atoms with Gasteiger partial charge in [-0.15, -0.1) is 0 Å². The molecule has 0 radical (unpaired) electrons. The highest BCUT2D eigenvalue weighted by Crippen LogP contribution is 2.20. The van der Waals surface area contributed by atoms with Crippen LogP contribution in [0.2, 0.25) is 0 Å². The number of nitrogens with zero attached hydrogens (tertiary/aromatic N) is 2. The van der Waals surface area contributed by atoms with E-state index in [0.717, 1.165) is 45.8 Å². The van der Waals surface area contributed by atoms with Crippen LogP contribution in [0.25, 0.3) is 0 Å². The Balaban J connectivity index is 1.67. The Hall–Kier alpha value is -0.690. The number of carbonyl (C=O) groups is 1. The van der Waals surface area contributed by atoms with E-state index in [1.165, 1.54) is 0 Å². The van der Waals surface area contributed by atoms with Crippen LogP contribution in [0.15, 0.2) is 0 Å². The minimum absolute atomic E-state index is 0.251. The van der Waals surface area contributed by atoms with Crippen molar-refractivity contribution in [3.05, 3.63) is 0 Å². The quantitative estimate of drug-likeness (QED) is 0.585. The number of hydrogen-bond acceptors (Lipinski definition) is 5. The number of aliphatic hydroxyl groups is 1. The number of nitrogens with two attached hydrogens (primary N) is 1. The lowest BCUT2D eigenvalue weighted by Gasteiger charge is -2.37. The van der Waals surface area contributed by atoms with E-state index in [1.54, 1.807) is 0 Å². The van der Waals surface area contributed by atoms with Gasteiger partial charge in [0.25, 0.3) is 0 Å². The van der Waals surface area contributed by atoms with Gasteiger partial charge in [0.2, 0.25) is 5.91 Å². The number of amides is 1. The maximum absolute atomic E-state index is 12.0. The van der Waals surface area contributed by atoms with Gasteiger partial charge in [-0.25, -0.2) is 0 Å².